The van der Waals surface area contributed by atoms with Gasteiger partial charge in [-0.05, 0) is 72.2 Å². The molecule has 0 radical (unpaired) electrons. The van der Waals surface area contributed by atoms with Gasteiger partial charge in [0.25, 0.3) is 0 Å². The van der Waals surface area contributed by atoms with Gasteiger partial charge in [-0.2, -0.15) is 0 Å². The number of hydrogen-bond acceptors (Lipinski definition) is 4. The Morgan fingerprint density at radius 2 is 0.969 bits per heavy atom. The van der Waals surface area contributed by atoms with Crippen LogP contribution in [-0.2, 0) is 0 Å². The van der Waals surface area contributed by atoms with Crippen molar-refractivity contribution in [1.29, 1.82) is 0 Å². The molecule has 0 aliphatic carbocycles. The number of anilines is 4. The van der Waals surface area contributed by atoms with Gasteiger partial charge in [0.05, 0.1) is 11.0 Å². The maximum atomic E-state index is 4.86. The van der Waals surface area contributed by atoms with Crippen molar-refractivity contribution < 1.29 is 0 Å². The van der Waals surface area contributed by atoms with Crippen LogP contribution in [0.25, 0.3) is 11.0 Å². The molecule has 4 nitrogen and oxygen atoms in total. The monoisotopic (exact) mass is 424 g/mol. The van der Waals surface area contributed by atoms with Gasteiger partial charge in [0.1, 0.15) is 0 Å². The van der Waals surface area contributed by atoms with Crippen LogP contribution >= 0.6 is 0 Å². The second-order valence-corrected chi connectivity index (χ2v) is 8.52. The van der Waals surface area contributed by atoms with Crippen LogP contribution in [0.4, 0.5) is 23.0 Å². The summed E-state index contributed by atoms with van der Waals surface area (Å²) >= 11 is 0. The lowest BCUT2D eigenvalue weighted by Crippen LogP contribution is -2.04. The summed E-state index contributed by atoms with van der Waals surface area (Å²) in [6.45, 7) is 8.95. The third-order valence-corrected chi connectivity index (χ3v) is 6.28. The van der Waals surface area contributed by atoms with Gasteiger partial charge in [0.15, 0.2) is 11.6 Å². The van der Waals surface area contributed by atoms with Gasteiger partial charge in [-0.1, -0.05) is 64.1 Å². The van der Waals surface area contributed by atoms with E-state index in [1.165, 1.54) is 11.1 Å². The summed E-state index contributed by atoms with van der Waals surface area (Å²) in [6, 6.07) is 25.2. The molecule has 4 heteroatoms. The molecule has 1 heterocycles. The van der Waals surface area contributed by atoms with Gasteiger partial charge in [-0.15, -0.1) is 0 Å². The van der Waals surface area contributed by atoms with Crippen molar-refractivity contribution in [3.63, 3.8) is 0 Å². The van der Waals surface area contributed by atoms with Crippen LogP contribution in [0.2, 0.25) is 0 Å². The number of nitrogens with one attached hydrogen (secondary N) is 2. The molecule has 32 heavy (non-hydrogen) atoms. The minimum atomic E-state index is 0.556. The van der Waals surface area contributed by atoms with Crippen molar-refractivity contribution in [2.45, 2.75) is 52.4 Å². The average Bonchev–Trinajstić information content (AvgIpc) is 2.84. The highest BCUT2D eigenvalue weighted by atomic mass is 15.1. The normalized spacial score (nSPS) is 13.0. The van der Waals surface area contributed by atoms with Crippen LogP contribution in [0, 0.1) is 0 Å². The predicted octanol–water partition coefficient (Wildman–Crippen LogP) is 8.14. The maximum absolute atomic E-state index is 4.86. The average molecular weight is 425 g/mol. The van der Waals surface area contributed by atoms with Crippen molar-refractivity contribution in [2.24, 2.45) is 0 Å². The van der Waals surface area contributed by atoms with Crippen molar-refractivity contribution in [1.82, 2.24) is 9.97 Å². The molecule has 0 bridgehead atoms. The molecular formula is C28H32N4. The lowest BCUT2D eigenvalue weighted by Gasteiger charge is -2.15. The first-order valence-corrected chi connectivity index (χ1v) is 11.6. The molecule has 3 aromatic carbocycles. The number of benzene rings is 3. The zero-order chi connectivity index (χ0) is 22.5. The molecule has 164 valence electrons. The zero-order valence-electron chi connectivity index (χ0n) is 19.4. The van der Waals surface area contributed by atoms with Crippen LogP contribution in [-0.4, -0.2) is 9.97 Å². The number of hydrogen-bond donors (Lipinski definition) is 2. The lowest BCUT2D eigenvalue weighted by atomic mass is 9.98. The molecular weight excluding hydrogens is 392 g/mol. The summed E-state index contributed by atoms with van der Waals surface area (Å²) in [6.07, 6.45) is 2.26. The SMILES string of the molecule is CCC(C)c1ccc(Nc2nc3ccccc3nc2Nc2ccc(C(C)CC)cc2)cc1. The largest absolute Gasteiger partial charge is 0.337 e. The Balaban J connectivity index is 1.64. The molecule has 0 saturated heterocycles. The fourth-order valence-corrected chi connectivity index (χ4v) is 3.71. The molecule has 4 aromatic rings. The highest BCUT2D eigenvalue weighted by Gasteiger charge is 2.11. The molecule has 4 rings (SSSR count). The van der Waals surface area contributed by atoms with Gasteiger partial charge >= 0.3 is 0 Å². The summed E-state index contributed by atoms with van der Waals surface area (Å²) in [5, 5.41) is 6.94. The third kappa shape index (κ3) is 4.91. The highest BCUT2D eigenvalue weighted by Crippen LogP contribution is 2.29. The molecule has 2 atom stereocenters. The minimum absolute atomic E-state index is 0.556. The quantitative estimate of drug-likeness (QED) is 0.300. The van der Waals surface area contributed by atoms with E-state index in [0.717, 1.165) is 35.2 Å². The smallest absolute Gasteiger partial charge is 0.174 e. The lowest BCUT2D eigenvalue weighted by molar-refractivity contribution is 0.734. The van der Waals surface area contributed by atoms with E-state index in [1.54, 1.807) is 0 Å². The third-order valence-electron chi connectivity index (χ3n) is 6.28. The Kier molecular flexibility index (Phi) is 6.69. The summed E-state index contributed by atoms with van der Waals surface area (Å²) in [5.41, 5.74) is 6.42. The Labute approximate surface area is 191 Å². The molecule has 0 saturated carbocycles. The molecule has 0 aliphatic rings. The van der Waals surface area contributed by atoms with E-state index in [2.05, 4.69) is 86.9 Å². The molecule has 2 unspecified atom stereocenters. The fraction of sp³-hybridized carbons (Fsp3) is 0.286. The molecule has 0 aliphatic heterocycles. The fourth-order valence-electron chi connectivity index (χ4n) is 3.71. The van der Waals surface area contributed by atoms with Crippen molar-refractivity contribution >= 4 is 34.0 Å². The summed E-state index contributed by atoms with van der Waals surface area (Å²) in [4.78, 5) is 9.73. The van der Waals surface area contributed by atoms with Crippen molar-refractivity contribution in [3.05, 3.63) is 83.9 Å². The van der Waals surface area contributed by atoms with Gasteiger partial charge in [-0.3, -0.25) is 0 Å². The van der Waals surface area contributed by atoms with Crippen LogP contribution in [0.3, 0.4) is 0 Å². The van der Waals surface area contributed by atoms with E-state index < -0.39 is 0 Å². The van der Waals surface area contributed by atoms with E-state index in [9.17, 15) is 0 Å². The Bertz CT molecular complexity index is 1070. The topological polar surface area (TPSA) is 49.8 Å². The Morgan fingerprint density at radius 3 is 1.31 bits per heavy atom. The van der Waals surface area contributed by atoms with Gasteiger partial charge in [0.2, 0.25) is 0 Å². The van der Waals surface area contributed by atoms with Crippen LogP contribution in [0.5, 0.6) is 0 Å². The first-order valence-electron chi connectivity index (χ1n) is 11.6. The number of nitrogens with zero attached hydrogens (tertiary/aromatic N) is 2. The summed E-state index contributed by atoms with van der Waals surface area (Å²) < 4.78 is 0. The maximum Gasteiger partial charge on any atom is 0.174 e. The second kappa shape index (κ2) is 9.82. The van der Waals surface area contributed by atoms with Crippen LogP contribution in [0.1, 0.15) is 63.5 Å². The Hall–Kier alpha value is -3.40. The van der Waals surface area contributed by atoms with Gasteiger partial charge in [0, 0.05) is 11.4 Å². The molecule has 1 aromatic heterocycles. The van der Waals surface area contributed by atoms with Crippen molar-refractivity contribution in [3.8, 4) is 0 Å². The summed E-state index contributed by atoms with van der Waals surface area (Å²) in [5.74, 6) is 2.54. The number of fused-ring (bicyclic) bond motifs is 1. The van der Waals surface area contributed by atoms with Crippen LogP contribution in [0.15, 0.2) is 72.8 Å². The van der Waals surface area contributed by atoms with E-state index in [1.807, 2.05) is 24.3 Å². The number of para-hydroxylation sites is 2. The highest BCUT2D eigenvalue weighted by molar-refractivity contribution is 5.83. The molecule has 2 N–H and O–H groups in total. The predicted molar refractivity (Wildman–Crippen MR) is 136 cm³/mol. The number of aromatic nitrogens is 2. The molecule has 0 fully saturated rings. The van der Waals surface area contributed by atoms with Gasteiger partial charge in [-0.25, -0.2) is 9.97 Å². The van der Waals surface area contributed by atoms with E-state index in [0.29, 0.717) is 23.5 Å². The van der Waals surface area contributed by atoms with E-state index in [4.69, 9.17) is 9.97 Å². The zero-order valence-corrected chi connectivity index (χ0v) is 19.4. The Morgan fingerprint density at radius 1 is 0.594 bits per heavy atom. The van der Waals surface area contributed by atoms with Crippen molar-refractivity contribution in [2.75, 3.05) is 10.6 Å². The summed E-state index contributed by atoms with van der Waals surface area (Å²) in [7, 11) is 0. The second-order valence-electron chi connectivity index (χ2n) is 8.52. The standard InChI is InChI=1S/C28H32N4/c1-5-19(3)21-11-15-23(16-12-21)29-27-28(32-26-10-8-7-9-25(26)31-27)30-24-17-13-22(14-18-24)20(4)6-2/h7-20H,5-6H2,1-4H3,(H,29,31)(H,30,32). The van der Waals surface area contributed by atoms with Crippen LogP contribution < -0.4 is 10.6 Å². The minimum Gasteiger partial charge on any atom is -0.337 e. The molecule has 0 amide bonds. The molecule has 0 spiro atoms. The first-order chi connectivity index (χ1) is 15.6. The van der Waals surface area contributed by atoms with E-state index >= 15 is 0 Å². The van der Waals surface area contributed by atoms with E-state index in [-0.39, 0.29) is 0 Å². The number of rotatable bonds is 8. The first kappa shape index (κ1) is 21.8. The van der Waals surface area contributed by atoms with Gasteiger partial charge < -0.3 is 10.6 Å².